The quantitative estimate of drug-likeness (QED) is 0.658. The molecular formula is C27H23F3N2O6. The summed E-state index contributed by atoms with van der Waals surface area (Å²) in [7, 11) is 1.31. The zero-order valence-corrected chi connectivity index (χ0v) is 20.2. The van der Waals surface area contributed by atoms with Gasteiger partial charge in [0.15, 0.2) is 17.3 Å². The third kappa shape index (κ3) is 3.33. The maximum Gasteiger partial charge on any atom is 0.471 e. The van der Waals surface area contributed by atoms with E-state index in [1.54, 1.807) is 36.4 Å². The summed E-state index contributed by atoms with van der Waals surface area (Å²) in [4.78, 5) is 40.8. The number of halogens is 3. The fraction of sp³-hybridized carbons (Fsp3) is 0.370. The van der Waals surface area contributed by atoms with Crippen LogP contribution in [0.1, 0.15) is 35.7 Å². The highest BCUT2D eigenvalue weighted by atomic mass is 19.4. The van der Waals surface area contributed by atoms with Gasteiger partial charge >= 0.3 is 12.1 Å². The van der Waals surface area contributed by atoms with Crippen LogP contribution in [0.4, 0.5) is 13.2 Å². The van der Waals surface area contributed by atoms with Crippen molar-refractivity contribution in [2.45, 2.75) is 49.2 Å². The molecule has 0 bridgehead atoms. The molecule has 3 heterocycles. The van der Waals surface area contributed by atoms with Crippen LogP contribution in [0, 0.1) is 0 Å². The van der Waals surface area contributed by atoms with Crippen molar-refractivity contribution in [3.05, 3.63) is 65.2 Å². The van der Waals surface area contributed by atoms with E-state index < -0.39 is 47.5 Å². The molecule has 198 valence electrons. The van der Waals surface area contributed by atoms with E-state index in [-0.39, 0.29) is 48.7 Å². The van der Waals surface area contributed by atoms with E-state index in [2.05, 4.69) is 0 Å². The molecule has 0 saturated carbocycles. The summed E-state index contributed by atoms with van der Waals surface area (Å²) in [5.41, 5.74) is 0.201. The monoisotopic (exact) mass is 528 g/mol. The number of phenols is 1. The van der Waals surface area contributed by atoms with E-state index in [9.17, 15) is 32.7 Å². The van der Waals surface area contributed by atoms with Gasteiger partial charge in [-0.05, 0) is 24.1 Å². The van der Waals surface area contributed by atoms with Gasteiger partial charge in [0.25, 0.3) is 0 Å². The Morgan fingerprint density at radius 1 is 1.24 bits per heavy atom. The molecule has 1 spiro atoms. The van der Waals surface area contributed by atoms with E-state index in [0.717, 1.165) is 0 Å². The molecule has 38 heavy (non-hydrogen) atoms. The number of alkyl halides is 3. The van der Waals surface area contributed by atoms with Crippen molar-refractivity contribution in [1.82, 2.24) is 9.80 Å². The average molecular weight is 528 g/mol. The van der Waals surface area contributed by atoms with E-state index >= 15 is 0 Å². The van der Waals surface area contributed by atoms with Gasteiger partial charge in [0.1, 0.15) is 18.3 Å². The van der Waals surface area contributed by atoms with Gasteiger partial charge in [-0.15, -0.1) is 0 Å². The molecule has 8 nitrogen and oxygen atoms in total. The molecule has 1 fully saturated rings. The molecule has 4 atom stereocenters. The van der Waals surface area contributed by atoms with Gasteiger partial charge in [0.2, 0.25) is 11.7 Å². The number of carbonyl (C=O) groups excluding carboxylic acids is 3. The van der Waals surface area contributed by atoms with Crippen molar-refractivity contribution >= 4 is 17.6 Å². The summed E-state index contributed by atoms with van der Waals surface area (Å²) in [5, 5.41) is 10.8. The first-order valence-electron chi connectivity index (χ1n) is 12.1. The molecule has 2 amide bonds. The van der Waals surface area contributed by atoms with E-state index in [1.165, 1.54) is 24.2 Å². The number of benzene rings is 2. The molecule has 4 aliphatic rings. The van der Waals surface area contributed by atoms with Crippen LogP contribution in [0.3, 0.4) is 0 Å². The minimum absolute atomic E-state index is 0.00597. The predicted molar refractivity (Wildman–Crippen MR) is 125 cm³/mol. The first kappa shape index (κ1) is 24.3. The summed E-state index contributed by atoms with van der Waals surface area (Å²) in [6, 6.07) is 8.35. The van der Waals surface area contributed by atoms with E-state index in [0.29, 0.717) is 16.0 Å². The van der Waals surface area contributed by atoms with E-state index in [4.69, 9.17) is 9.47 Å². The number of carbonyl (C=O) groups is 3. The Labute approximate surface area is 215 Å². The molecule has 11 heteroatoms. The van der Waals surface area contributed by atoms with Crippen LogP contribution in [0.15, 0.2) is 48.6 Å². The lowest BCUT2D eigenvalue weighted by molar-refractivity contribution is -0.190. The largest absolute Gasteiger partial charge is 0.504 e. The molecule has 1 aliphatic carbocycles. The minimum atomic E-state index is -5.25. The highest BCUT2D eigenvalue weighted by molar-refractivity contribution is 5.95. The van der Waals surface area contributed by atoms with Gasteiger partial charge in [-0.3, -0.25) is 19.3 Å². The topological polar surface area (TPSA) is 96.4 Å². The average Bonchev–Trinajstić information content (AvgIpc) is 3.28. The number of rotatable bonds is 3. The number of ketones is 1. The zero-order valence-electron chi connectivity index (χ0n) is 20.2. The van der Waals surface area contributed by atoms with Crippen LogP contribution in [-0.2, 0) is 26.2 Å². The Kier molecular flexibility index (Phi) is 5.27. The Hall–Kier alpha value is -4.02. The third-order valence-corrected chi connectivity index (χ3v) is 7.96. The summed E-state index contributed by atoms with van der Waals surface area (Å²) in [5.74, 6) is -3.28. The summed E-state index contributed by atoms with van der Waals surface area (Å²) >= 11 is 0. The number of ether oxygens (including phenoxy) is 2. The number of hydrogen-bond acceptors (Lipinski definition) is 6. The van der Waals surface area contributed by atoms with Gasteiger partial charge in [-0.1, -0.05) is 36.4 Å². The number of fused-ring (bicyclic) bond motifs is 2. The number of phenolic OH excluding ortho intramolecular Hbond substituents is 1. The van der Waals surface area contributed by atoms with Crippen LogP contribution < -0.4 is 9.47 Å². The fourth-order valence-electron chi connectivity index (χ4n) is 6.35. The highest BCUT2D eigenvalue weighted by Gasteiger charge is 2.61. The molecule has 2 aromatic carbocycles. The molecule has 1 N–H and O–H groups in total. The maximum atomic E-state index is 14.0. The maximum absolute atomic E-state index is 14.0. The van der Waals surface area contributed by atoms with Gasteiger partial charge in [0, 0.05) is 30.5 Å². The molecule has 2 aromatic rings. The van der Waals surface area contributed by atoms with Crippen LogP contribution >= 0.6 is 0 Å². The Bertz CT molecular complexity index is 1390. The van der Waals surface area contributed by atoms with E-state index in [1.807, 2.05) is 0 Å². The van der Waals surface area contributed by atoms with Crippen LogP contribution in [0.5, 0.6) is 17.2 Å². The van der Waals surface area contributed by atoms with Crippen LogP contribution in [-0.4, -0.2) is 64.5 Å². The molecule has 3 aliphatic heterocycles. The minimum Gasteiger partial charge on any atom is -0.504 e. The summed E-state index contributed by atoms with van der Waals surface area (Å²) in [6.45, 7) is 0.00597. The van der Waals surface area contributed by atoms with Crippen molar-refractivity contribution in [3.63, 3.8) is 0 Å². The molecule has 1 saturated heterocycles. The first-order valence-corrected chi connectivity index (χ1v) is 12.1. The smallest absolute Gasteiger partial charge is 0.471 e. The lowest BCUT2D eigenvalue weighted by Crippen LogP contribution is -2.47. The van der Waals surface area contributed by atoms with Gasteiger partial charge in [-0.2, -0.15) is 13.2 Å². The number of nitrogens with zero attached hydrogens (tertiary/aromatic N) is 2. The number of aromatic hydroxyl groups is 1. The fourth-order valence-corrected chi connectivity index (χ4v) is 6.35. The van der Waals surface area contributed by atoms with Gasteiger partial charge in [0.05, 0.1) is 12.5 Å². The number of allylic oxidation sites excluding steroid dienone is 1. The highest BCUT2D eigenvalue weighted by Crippen LogP contribution is 2.60. The normalized spacial score (nSPS) is 27.4. The van der Waals surface area contributed by atoms with Crippen LogP contribution in [0.2, 0.25) is 0 Å². The Balaban J connectivity index is 1.58. The van der Waals surface area contributed by atoms with Crippen molar-refractivity contribution in [2.75, 3.05) is 13.7 Å². The first-order chi connectivity index (χ1) is 18.1. The third-order valence-electron chi connectivity index (χ3n) is 7.96. The van der Waals surface area contributed by atoms with Crippen molar-refractivity contribution in [3.8, 4) is 17.2 Å². The summed E-state index contributed by atoms with van der Waals surface area (Å²) in [6.07, 6.45) is -4.18. The standard InChI is InChI=1S/C27H23F3N2O6/c1-37-21-18(34)13-16-20-22(21)38-19-12-15(33)7-8-26(19,20)9-10-31-23(16)32(25(36)27(28,29)30)17(24(31)35)11-14-5-3-2-4-6-14/h2-8,13,17,19,23,34H,9-12H2,1H3/t17?,19-,23+,26-/m0/s1. The number of hydrogen-bond donors (Lipinski definition) is 1. The van der Waals surface area contributed by atoms with Crippen molar-refractivity contribution in [1.29, 1.82) is 0 Å². The molecular weight excluding hydrogens is 505 g/mol. The lowest BCUT2D eigenvalue weighted by Gasteiger charge is -2.34. The van der Waals surface area contributed by atoms with Crippen molar-refractivity contribution < 1.29 is 42.1 Å². The second-order valence-corrected chi connectivity index (χ2v) is 9.94. The summed E-state index contributed by atoms with van der Waals surface area (Å²) < 4.78 is 53.5. The van der Waals surface area contributed by atoms with Crippen LogP contribution in [0.25, 0.3) is 0 Å². The Morgan fingerprint density at radius 2 is 1.97 bits per heavy atom. The molecule has 0 aromatic heterocycles. The van der Waals surface area contributed by atoms with Crippen molar-refractivity contribution in [2.24, 2.45) is 0 Å². The number of amides is 2. The second-order valence-electron chi connectivity index (χ2n) is 9.94. The van der Waals surface area contributed by atoms with Gasteiger partial charge < -0.3 is 19.5 Å². The zero-order chi connectivity index (χ0) is 27.0. The Morgan fingerprint density at radius 3 is 2.66 bits per heavy atom. The molecule has 6 rings (SSSR count). The number of methoxy groups -OCH3 is 1. The lowest BCUT2D eigenvalue weighted by atomic mass is 9.69. The predicted octanol–water partition coefficient (Wildman–Crippen LogP) is 3.18. The molecule has 1 unspecified atom stereocenters. The van der Waals surface area contributed by atoms with Gasteiger partial charge in [-0.25, -0.2) is 0 Å². The second kappa shape index (κ2) is 8.24. The molecule has 0 radical (unpaired) electrons. The SMILES string of the molecule is COc1c(O)cc2c3c1O[C@H]1CC(=O)C=C[C@@]31CCN1C(=O)C(Cc3ccccc3)N(C(=O)C(F)(F)F)[C@H]21.